The Bertz CT molecular complexity index is 1420. The molecule has 5 rings (SSSR count). The van der Waals surface area contributed by atoms with Crippen LogP contribution < -0.4 is 0 Å². The van der Waals surface area contributed by atoms with Crippen LogP contribution in [0.25, 0.3) is 39.9 Å². The summed E-state index contributed by atoms with van der Waals surface area (Å²) in [5, 5.41) is 8.42. The fourth-order valence-corrected chi connectivity index (χ4v) is 3.32. The van der Waals surface area contributed by atoms with E-state index in [1.54, 1.807) is 24.3 Å². The molecule has 0 saturated carbocycles. The average molecular weight is 456 g/mol. The first-order valence-electron chi connectivity index (χ1n) is 9.43. The highest BCUT2D eigenvalue weighted by molar-refractivity contribution is 6.30. The summed E-state index contributed by atoms with van der Waals surface area (Å²) in [7, 11) is 0. The van der Waals surface area contributed by atoms with E-state index in [-0.39, 0.29) is 22.9 Å². The number of aromatic nitrogens is 5. The topological polar surface area (TPSA) is 69.1 Å². The van der Waals surface area contributed by atoms with Crippen LogP contribution in [0.5, 0.6) is 0 Å². The van der Waals surface area contributed by atoms with Crippen LogP contribution in [-0.4, -0.2) is 24.7 Å². The number of hydrogen-bond acceptors (Lipinski definition) is 5. The molecule has 0 spiro atoms. The average Bonchev–Trinajstić information content (AvgIpc) is 3.40. The van der Waals surface area contributed by atoms with Crippen molar-refractivity contribution < 1.29 is 17.7 Å². The monoisotopic (exact) mass is 455 g/mol. The maximum Gasteiger partial charge on any atom is 0.433 e. The van der Waals surface area contributed by atoms with Gasteiger partial charge in [-0.15, -0.1) is 0 Å². The molecule has 0 amide bonds. The fraction of sp³-hybridized carbons (Fsp3) is 0.0909. The first-order valence-corrected chi connectivity index (χ1v) is 9.81. The lowest BCUT2D eigenvalue weighted by molar-refractivity contribution is -0.142. The van der Waals surface area contributed by atoms with Gasteiger partial charge in [0, 0.05) is 22.2 Å². The van der Waals surface area contributed by atoms with E-state index in [9.17, 15) is 13.2 Å². The van der Waals surface area contributed by atoms with Crippen LogP contribution in [0.2, 0.25) is 5.02 Å². The number of hydrogen-bond donors (Lipinski definition) is 0. The molecule has 0 atom stereocenters. The Labute approximate surface area is 184 Å². The quantitative estimate of drug-likeness (QED) is 0.329. The van der Waals surface area contributed by atoms with Gasteiger partial charge in [0.2, 0.25) is 5.82 Å². The second kappa shape index (κ2) is 7.45. The van der Waals surface area contributed by atoms with Gasteiger partial charge in [-0.1, -0.05) is 58.7 Å². The lowest BCUT2D eigenvalue weighted by Gasteiger charge is -2.11. The number of rotatable bonds is 3. The Balaban J connectivity index is 1.61. The highest BCUT2D eigenvalue weighted by Crippen LogP contribution is 2.33. The van der Waals surface area contributed by atoms with E-state index in [0.717, 1.165) is 16.1 Å². The number of fused-ring (bicyclic) bond motifs is 1. The van der Waals surface area contributed by atoms with Crippen molar-refractivity contribution in [2.45, 2.75) is 13.1 Å². The second-order valence-corrected chi connectivity index (χ2v) is 7.56. The zero-order valence-electron chi connectivity index (χ0n) is 16.4. The van der Waals surface area contributed by atoms with Crippen molar-refractivity contribution in [3.05, 3.63) is 76.9 Å². The molecule has 0 N–H and O–H groups in total. The molecule has 0 aliphatic carbocycles. The van der Waals surface area contributed by atoms with Crippen LogP contribution in [0.3, 0.4) is 0 Å². The molecule has 0 fully saturated rings. The van der Waals surface area contributed by atoms with E-state index in [2.05, 4.69) is 20.2 Å². The molecule has 5 aromatic rings. The van der Waals surface area contributed by atoms with Crippen molar-refractivity contribution in [2.24, 2.45) is 0 Å². The van der Waals surface area contributed by atoms with Gasteiger partial charge in [0.05, 0.1) is 5.69 Å². The van der Waals surface area contributed by atoms with Crippen LogP contribution in [-0.2, 0) is 6.18 Å². The smallest absolute Gasteiger partial charge is 0.332 e. The Hall–Kier alpha value is -3.72. The van der Waals surface area contributed by atoms with Crippen LogP contribution in [0.4, 0.5) is 13.2 Å². The third kappa shape index (κ3) is 3.71. The number of benzene rings is 2. The third-order valence-electron chi connectivity index (χ3n) is 4.81. The molecule has 0 radical (unpaired) electrons. The van der Waals surface area contributed by atoms with Gasteiger partial charge < -0.3 is 4.52 Å². The van der Waals surface area contributed by atoms with Gasteiger partial charge in [-0.2, -0.15) is 23.3 Å². The molecule has 6 nitrogen and oxygen atoms in total. The van der Waals surface area contributed by atoms with Gasteiger partial charge in [0.1, 0.15) is 0 Å². The number of halogens is 4. The van der Waals surface area contributed by atoms with Gasteiger partial charge in [0.25, 0.3) is 5.89 Å². The summed E-state index contributed by atoms with van der Waals surface area (Å²) in [4.78, 5) is 8.62. The minimum Gasteiger partial charge on any atom is -0.332 e. The van der Waals surface area contributed by atoms with Gasteiger partial charge >= 0.3 is 6.18 Å². The Morgan fingerprint density at radius 1 is 0.875 bits per heavy atom. The Morgan fingerprint density at radius 3 is 2.25 bits per heavy atom. The summed E-state index contributed by atoms with van der Waals surface area (Å²) in [6.45, 7) is 1.95. The first-order chi connectivity index (χ1) is 15.3. The summed E-state index contributed by atoms with van der Waals surface area (Å²) in [5.41, 5.74) is 1.52. The minimum atomic E-state index is -4.66. The molecule has 0 saturated heterocycles. The van der Waals surface area contributed by atoms with Crippen molar-refractivity contribution in [3.63, 3.8) is 0 Å². The summed E-state index contributed by atoms with van der Waals surface area (Å²) in [5.74, 6) is 0.301. The molecular formula is C22H13ClF3N5O. The standard InChI is InChI=1S/C22H13ClF3N5O/c1-12-2-4-14(5-3-12)20-28-21(32-30-20)17-11-19-27-16(13-6-8-15(23)9-7-13)10-18(22(24,25)26)31(19)29-17/h2-11H,1H3. The van der Waals surface area contributed by atoms with Gasteiger partial charge in [0.15, 0.2) is 17.0 Å². The maximum absolute atomic E-state index is 13.8. The largest absolute Gasteiger partial charge is 0.433 e. The third-order valence-corrected chi connectivity index (χ3v) is 5.06. The van der Waals surface area contributed by atoms with E-state index in [4.69, 9.17) is 16.1 Å². The molecule has 0 unspecified atom stereocenters. The summed E-state index contributed by atoms with van der Waals surface area (Å²) < 4.78 is 47.3. The summed E-state index contributed by atoms with van der Waals surface area (Å²) in [6.07, 6.45) is -4.66. The highest BCUT2D eigenvalue weighted by Gasteiger charge is 2.35. The van der Waals surface area contributed by atoms with Crippen LogP contribution in [0, 0.1) is 6.92 Å². The van der Waals surface area contributed by atoms with Crippen LogP contribution in [0.15, 0.2) is 65.2 Å². The van der Waals surface area contributed by atoms with Crippen molar-refractivity contribution in [3.8, 4) is 34.2 Å². The minimum absolute atomic E-state index is 0.00476. The van der Waals surface area contributed by atoms with E-state index in [1.807, 2.05) is 31.2 Å². The zero-order chi connectivity index (χ0) is 22.5. The molecule has 10 heteroatoms. The molecule has 3 heterocycles. The fourth-order valence-electron chi connectivity index (χ4n) is 3.20. The Kier molecular flexibility index (Phi) is 4.70. The van der Waals surface area contributed by atoms with E-state index >= 15 is 0 Å². The SMILES string of the molecule is Cc1ccc(-c2noc(-c3cc4nc(-c5ccc(Cl)cc5)cc(C(F)(F)F)n4n3)n2)cc1. The van der Waals surface area contributed by atoms with Crippen molar-refractivity contribution in [1.29, 1.82) is 0 Å². The molecule has 0 aliphatic heterocycles. The lowest BCUT2D eigenvalue weighted by Crippen LogP contribution is -2.13. The first kappa shape index (κ1) is 20.2. The summed E-state index contributed by atoms with van der Waals surface area (Å²) >= 11 is 5.89. The normalized spacial score (nSPS) is 11.9. The lowest BCUT2D eigenvalue weighted by atomic mass is 10.1. The zero-order valence-corrected chi connectivity index (χ0v) is 17.2. The predicted octanol–water partition coefficient (Wildman–Crippen LogP) is 6.09. The van der Waals surface area contributed by atoms with E-state index < -0.39 is 11.9 Å². The van der Waals surface area contributed by atoms with Gasteiger partial charge in [-0.3, -0.25) is 0 Å². The molecule has 2 aromatic carbocycles. The molecule has 3 aromatic heterocycles. The van der Waals surface area contributed by atoms with Gasteiger partial charge in [-0.05, 0) is 25.1 Å². The number of aryl methyl sites for hydroxylation is 1. The van der Waals surface area contributed by atoms with Crippen molar-refractivity contribution in [2.75, 3.05) is 0 Å². The summed E-state index contributed by atoms with van der Waals surface area (Å²) in [6, 6.07) is 16.1. The Morgan fingerprint density at radius 2 is 1.56 bits per heavy atom. The molecule has 0 aliphatic rings. The molecule has 0 bridgehead atoms. The van der Waals surface area contributed by atoms with Crippen LogP contribution in [0.1, 0.15) is 11.3 Å². The van der Waals surface area contributed by atoms with Crippen molar-refractivity contribution >= 4 is 17.2 Å². The van der Waals surface area contributed by atoms with Gasteiger partial charge in [-0.25, -0.2) is 9.50 Å². The van der Waals surface area contributed by atoms with E-state index in [1.165, 1.54) is 6.07 Å². The van der Waals surface area contributed by atoms with E-state index in [0.29, 0.717) is 22.0 Å². The number of nitrogens with zero attached hydrogens (tertiary/aromatic N) is 5. The maximum atomic E-state index is 13.8. The predicted molar refractivity (Wildman–Crippen MR) is 112 cm³/mol. The highest BCUT2D eigenvalue weighted by atomic mass is 35.5. The molecule has 160 valence electrons. The molecule has 32 heavy (non-hydrogen) atoms. The van der Waals surface area contributed by atoms with Crippen LogP contribution >= 0.6 is 11.6 Å². The second-order valence-electron chi connectivity index (χ2n) is 7.12. The molecular weight excluding hydrogens is 443 g/mol. The number of alkyl halides is 3. The van der Waals surface area contributed by atoms with Crippen molar-refractivity contribution in [1.82, 2.24) is 24.7 Å².